The number of carbonyl (C=O) groups is 1. The molecule has 1 N–H and O–H groups in total. The fourth-order valence-corrected chi connectivity index (χ4v) is 3.23. The van der Waals surface area contributed by atoms with Crippen LogP contribution >= 0.6 is 0 Å². The summed E-state index contributed by atoms with van der Waals surface area (Å²) in [5, 5.41) is 3.60. The maximum absolute atomic E-state index is 12.4. The predicted molar refractivity (Wildman–Crippen MR) is 74.3 cm³/mol. The first kappa shape index (κ1) is 13.9. The Kier molecular flexibility index (Phi) is 4.66. The van der Waals surface area contributed by atoms with Crippen LogP contribution in [0.2, 0.25) is 0 Å². The molecule has 18 heavy (non-hydrogen) atoms. The second-order valence-corrected chi connectivity index (χ2v) is 6.42. The summed E-state index contributed by atoms with van der Waals surface area (Å²) in [7, 11) is 0. The first-order chi connectivity index (χ1) is 8.59. The van der Waals surface area contributed by atoms with Gasteiger partial charge in [0.25, 0.3) is 0 Å². The van der Waals surface area contributed by atoms with Crippen molar-refractivity contribution in [3.8, 4) is 0 Å². The molecule has 0 radical (unpaired) electrons. The molecule has 3 unspecified atom stereocenters. The lowest BCUT2D eigenvalue weighted by Crippen LogP contribution is -2.47. The third kappa shape index (κ3) is 3.05. The fourth-order valence-electron chi connectivity index (χ4n) is 3.23. The molecule has 0 spiro atoms. The molecule has 2 aliphatic heterocycles. The summed E-state index contributed by atoms with van der Waals surface area (Å²) in [6, 6.07) is 0.662. The van der Waals surface area contributed by atoms with Crippen molar-refractivity contribution in [2.24, 2.45) is 17.8 Å². The minimum absolute atomic E-state index is 0.167. The van der Waals surface area contributed by atoms with Gasteiger partial charge in [-0.1, -0.05) is 20.8 Å². The van der Waals surface area contributed by atoms with Crippen LogP contribution in [0.5, 0.6) is 0 Å². The molecular weight excluding hydrogens is 224 g/mol. The molecule has 0 aromatic rings. The van der Waals surface area contributed by atoms with Gasteiger partial charge < -0.3 is 10.2 Å². The lowest BCUT2D eigenvalue weighted by Gasteiger charge is -2.37. The second-order valence-electron chi connectivity index (χ2n) is 6.42. The van der Waals surface area contributed by atoms with E-state index in [1.54, 1.807) is 0 Å². The number of nitrogens with zero attached hydrogens (tertiary/aromatic N) is 1. The van der Waals surface area contributed by atoms with Crippen LogP contribution < -0.4 is 5.32 Å². The highest BCUT2D eigenvalue weighted by Crippen LogP contribution is 2.26. The minimum atomic E-state index is 0.167. The van der Waals surface area contributed by atoms with Gasteiger partial charge >= 0.3 is 0 Å². The van der Waals surface area contributed by atoms with Gasteiger partial charge in [0.1, 0.15) is 0 Å². The summed E-state index contributed by atoms with van der Waals surface area (Å²) in [5.41, 5.74) is 0. The molecule has 3 atom stereocenters. The highest BCUT2D eigenvalue weighted by atomic mass is 16.2. The Bertz CT molecular complexity index is 284. The molecule has 2 heterocycles. The monoisotopic (exact) mass is 252 g/mol. The van der Waals surface area contributed by atoms with Crippen molar-refractivity contribution in [3.05, 3.63) is 0 Å². The number of nitrogens with one attached hydrogen (secondary N) is 1. The first-order valence-electron chi connectivity index (χ1n) is 7.61. The lowest BCUT2D eigenvalue weighted by atomic mass is 9.88. The molecule has 0 aliphatic carbocycles. The Morgan fingerprint density at radius 3 is 2.61 bits per heavy atom. The molecular formula is C15H28N2O. The lowest BCUT2D eigenvalue weighted by molar-refractivity contribution is -0.138. The van der Waals surface area contributed by atoms with Crippen molar-refractivity contribution in [2.45, 2.75) is 52.5 Å². The molecule has 0 bridgehead atoms. The standard InChI is InChI=1S/C15H28N2O/c1-11(2)12(3)15(18)17-9-5-6-13(10-17)14-7-4-8-16-14/h11-14,16H,4-10H2,1-3H3. The van der Waals surface area contributed by atoms with E-state index in [1.165, 1.54) is 25.7 Å². The third-order valence-electron chi connectivity index (χ3n) is 4.83. The molecule has 3 nitrogen and oxygen atoms in total. The highest BCUT2D eigenvalue weighted by molar-refractivity contribution is 5.78. The molecule has 2 saturated heterocycles. The largest absolute Gasteiger partial charge is 0.342 e. The summed E-state index contributed by atoms with van der Waals surface area (Å²) in [6.07, 6.45) is 5.07. The Labute approximate surface area is 111 Å². The Balaban J connectivity index is 1.91. The molecule has 3 heteroatoms. The quantitative estimate of drug-likeness (QED) is 0.835. The topological polar surface area (TPSA) is 32.3 Å². The zero-order valence-corrected chi connectivity index (χ0v) is 12.1. The third-order valence-corrected chi connectivity index (χ3v) is 4.83. The fraction of sp³-hybridized carbons (Fsp3) is 0.933. The zero-order chi connectivity index (χ0) is 13.1. The Hall–Kier alpha value is -0.570. The van der Waals surface area contributed by atoms with Crippen LogP contribution in [0.3, 0.4) is 0 Å². The second kappa shape index (κ2) is 6.05. The molecule has 2 fully saturated rings. The molecule has 104 valence electrons. The van der Waals surface area contributed by atoms with Gasteiger partial charge in [0.05, 0.1) is 0 Å². The average molecular weight is 252 g/mol. The van der Waals surface area contributed by atoms with Gasteiger partial charge in [0, 0.05) is 25.0 Å². The SMILES string of the molecule is CC(C)C(C)C(=O)N1CCCC(C2CCCN2)C1. The van der Waals surface area contributed by atoms with E-state index in [4.69, 9.17) is 0 Å². The number of rotatable bonds is 3. The number of hydrogen-bond acceptors (Lipinski definition) is 2. The van der Waals surface area contributed by atoms with Crippen LogP contribution in [0, 0.1) is 17.8 Å². The smallest absolute Gasteiger partial charge is 0.225 e. The van der Waals surface area contributed by atoms with E-state index >= 15 is 0 Å². The van der Waals surface area contributed by atoms with Crippen LogP contribution in [-0.2, 0) is 4.79 Å². The maximum Gasteiger partial charge on any atom is 0.225 e. The van der Waals surface area contributed by atoms with E-state index in [-0.39, 0.29) is 5.92 Å². The summed E-state index contributed by atoms with van der Waals surface area (Å²) < 4.78 is 0. The van der Waals surface area contributed by atoms with Crippen LogP contribution in [0.25, 0.3) is 0 Å². The van der Waals surface area contributed by atoms with E-state index in [9.17, 15) is 4.79 Å². The Morgan fingerprint density at radius 1 is 1.22 bits per heavy atom. The van der Waals surface area contributed by atoms with Crippen LogP contribution in [0.1, 0.15) is 46.5 Å². The summed E-state index contributed by atoms with van der Waals surface area (Å²) >= 11 is 0. The van der Waals surface area contributed by atoms with E-state index in [0.29, 0.717) is 23.8 Å². The van der Waals surface area contributed by atoms with E-state index < -0.39 is 0 Å². The number of carbonyl (C=O) groups excluding carboxylic acids is 1. The predicted octanol–water partition coefficient (Wildman–Crippen LogP) is 2.27. The number of likely N-dealkylation sites (tertiary alicyclic amines) is 1. The highest BCUT2D eigenvalue weighted by Gasteiger charge is 2.32. The van der Waals surface area contributed by atoms with E-state index in [2.05, 4.69) is 31.0 Å². The molecule has 0 saturated carbocycles. The number of piperidine rings is 1. The van der Waals surface area contributed by atoms with Crippen LogP contribution in [-0.4, -0.2) is 36.5 Å². The Morgan fingerprint density at radius 2 is 2.00 bits per heavy atom. The van der Waals surface area contributed by atoms with Gasteiger partial charge in [0.2, 0.25) is 5.91 Å². The zero-order valence-electron chi connectivity index (χ0n) is 12.1. The molecule has 0 aromatic carbocycles. The van der Waals surface area contributed by atoms with E-state index in [0.717, 1.165) is 19.6 Å². The number of hydrogen-bond donors (Lipinski definition) is 1. The van der Waals surface area contributed by atoms with Gasteiger partial charge in [-0.15, -0.1) is 0 Å². The van der Waals surface area contributed by atoms with Gasteiger partial charge in [-0.2, -0.15) is 0 Å². The van der Waals surface area contributed by atoms with Crippen molar-refractivity contribution in [1.82, 2.24) is 10.2 Å². The van der Waals surface area contributed by atoms with Gasteiger partial charge in [-0.3, -0.25) is 4.79 Å². The van der Waals surface area contributed by atoms with Gasteiger partial charge in [0.15, 0.2) is 0 Å². The minimum Gasteiger partial charge on any atom is -0.342 e. The molecule has 0 aromatic heterocycles. The molecule has 1 amide bonds. The van der Waals surface area contributed by atoms with Crippen molar-refractivity contribution in [2.75, 3.05) is 19.6 Å². The van der Waals surface area contributed by atoms with Gasteiger partial charge in [-0.05, 0) is 44.1 Å². The molecule has 2 aliphatic rings. The van der Waals surface area contributed by atoms with Crippen molar-refractivity contribution in [3.63, 3.8) is 0 Å². The molecule has 2 rings (SSSR count). The summed E-state index contributed by atoms with van der Waals surface area (Å²) in [5.74, 6) is 1.67. The van der Waals surface area contributed by atoms with Gasteiger partial charge in [-0.25, -0.2) is 0 Å². The maximum atomic E-state index is 12.4. The van der Waals surface area contributed by atoms with E-state index in [1.807, 2.05) is 0 Å². The van der Waals surface area contributed by atoms with Crippen molar-refractivity contribution >= 4 is 5.91 Å². The normalized spacial score (nSPS) is 30.8. The number of amides is 1. The first-order valence-corrected chi connectivity index (χ1v) is 7.61. The summed E-state index contributed by atoms with van der Waals surface area (Å²) in [4.78, 5) is 14.5. The van der Waals surface area contributed by atoms with Crippen molar-refractivity contribution in [1.29, 1.82) is 0 Å². The average Bonchev–Trinajstić information content (AvgIpc) is 2.91. The van der Waals surface area contributed by atoms with Crippen LogP contribution in [0.4, 0.5) is 0 Å². The summed E-state index contributed by atoms with van der Waals surface area (Å²) in [6.45, 7) is 9.47. The van der Waals surface area contributed by atoms with Crippen molar-refractivity contribution < 1.29 is 4.79 Å². The van der Waals surface area contributed by atoms with Crippen LogP contribution in [0.15, 0.2) is 0 Å².